The van der Waals surface area contributed by atoms with Crippen LogP contribution in [0.1, 0.15) is 18.1 Å². The monoisotopic (exact) mass is 456 g/mol. The van der Waals surface area contributed by atoms with E-state index < -0.39 is 0 Å². The third kappa shape index (κ3) is 4.58. The highest BCUT2D eigenvalue weighted by molar-refractivity contribution is 5.94. The van der Waals surface area contributed by atoms with Crippen LogP contribution in [0.4, 0.5) is 28.8 Å². The maximum Gasteiger partial charge on any atom is 0.259 e. The number of aromatic nitrogens is 3. The molecule has 0 spiro atoms. The first-order valence-corrected chi connectivity index (χ1v) is 11.4. The Labute approximate surface area is 198 Å². The maximum absolute atomic E-state index is 12.7. The van der Waals surface area contributed by atoms with Gasteiger partial charge in [-0.05, 0) is 73.7 Å². The van der Waals surface area contributed by atoms with Gasteiger partial charge in [0.05, 0.1) is 18.1 Å². The van der Waals surface area contributed by atoms with Crippen LogP contribution < -0.4 is 21.1 Å². The molecule has 8 nitrogen and oxygen atoms in total. The van der Waals surface area contributed by atoms with Crippen molar-refractivity contribution in [3.05, 3.63) is 76.3 Å². The summed E-state index contributed by atoms with van der Waals surface area (Å²) < 4.78 is 5.68. The van der Waals surface area contributed by atoms with Gasteiger partial charge in [0, 0.05) is 36.9 Å². The predicted molar refractivity (Wildman–Crippen MR) is 137 cm³/mol. The van der Waals surface area contributed by atoms with Gasteiger partial charge in [0.15, 0.2) is 0 Å². The van der Waals surface area contributed by atoms with Gasteiger partial charge in [-0.1, -0.05) is 6.07 Å². The van der Waals surface area contributed by atoms with Gasteiger partial charge >= 0.3 is 0 Å². The quantitative estimate of drug-likeness (QED) is 0.402. The smallest absolute Gasteiger partial charge is 0.259 e. The van der Waals surface area contributed by atoms with Crippen molar-refractivity contribution in [2.24, 2.45) is 0 Å². The number of pyridine rings is 3. The number of morpholine rings is 1. The molecule has 1 unspecified atom stereocenters. The van der Waals surface area contributed by atoms with Crippen molar-refractivity contribution in [1.29, 1.82) is 0 Å². The Kier molecular flexibility index (Phi) is 5.90. The number of hydrogen-bond donors (Lipinski definition) is 3. The molecule has 1 saturated heterocycles. The Balaban J connectivity index is 1.48. The summed E-state index contributed by atoms with van der Waals surface area (Å²) in [7, 11) is 0. The number of aryl methyl sites for hydroxylation is 2. The molecular weight excluding hydrogens is 428 g/mol. The first-order chi connectivity index (χ1) is 16.5. The molecule has 3 aromatic heterocycles. The number of nitrogens with zero attached hydrogens (tertiary/aromatic N) is 3. The van der Waals surface area contributed by atoms with Gasteiger partial charge in [0.2, 0.25) is 0 Å². The van der Waals surface area contributed by atoms with Crippen molar-refractivity contribution in [3.8, 4) is 0 Å². The Bertz CT molecular complexity index is 1380. The lowest BCUT2D eigenvalue weighted by Gasteiger charge is -2.34. The van der Waals surface area contributed by atoms with E-state index >= 15 is 0 Å². The molecule has 0 amide bonds. The fraction of sp³-hybridized carbons (Fsp3) is 0.269. The highest BCUT2D eigenvalue weighted by Gasteiger charge is 2.19. The molecule has 174 valence electrons. The van der Waals surface area contributed by atoms with Gasteiger partial charge in [-0.3, -0.25) is 4.79 Å². The van der Waals surface area contributed by atoms with E-state index in [1.807, 2.05) is 37.3 Å². The standard InChI is InChI=1S/C26H28N6O2/c1-16-4-7-22(28-14-16)30-23-13-19-8-9-27-26(33)24(19)25(31-23)29-20-5-6-21(17(2)12-20)32-10-11-34-18(3)15-32/h4-9,12-14,18H,10-11,15H2,1-3H3,(H,27,33)(H2,28,29,30,31). The molecule has 4 heterocycles. The number of ether oxygens (including phenoxy) is 1. The number of nitrogens with one attached hydrogen (secondary N) is 3. The Morgan fingerprint density at radius 3 is 2.74 bits per heavy atom. The van der Waals surface area contributed by atoms with Crippen molar-refractivity contribution >= 4 is 39.6 Å². The second kappa shape index (κ2) is 9.15. The highest BCUT2D eigenvalue weighted by atomic mass is 16.5. The minimum atomic E-state index is -0.192. The number of anilines is 5. The number of H-pyrrole nitrogens is 1. The summed E-state index contributed by atoms with van der Waals surface area (Å²) in [6.45, 7) is 8.66. The SMILES string of the molecule is Cc1ccc(Nc2cc3cc[nH]c(=O)c3c(Nc3ccc(N4CCOC(C)C4)c(C)c3)n2)nc1. The summed E-state index contributed by atoms with van der Waals surface area (Å²) in [6, 6.07) is 13.8. The normalized spacial score (nSPS) is 16.0. The number of aromatic amines is 1. The largest absolute Gasteiger partial charge is 0.375 e. The number of hydrogen-bond acceptors (Lipinski definition) is 7. The van der Waals surface area contributed by atoms with Crippen LogP contribution in [0.3, 0.4) is 0 Å². The lowest BCUT2D eigenvalue weighted by Crippen LogP contribution is -2.41. The third-order valence-corrected chi connectivity index (χ3v) is 5.96. The van der Waals surface area contributed by atoms with Gasteiger partial charge in [0.1, 0.15) is 17.5 Å². The molecular formula is C26H28N6O2. The van der Waals surface area contributed by atoms with E-state index in [1.165, 1.54) is 5.69 Å². The predicted octanol–water partition coefficient (Wildman–Crippen LogP) is 4.65. The number of fused-ring (bicyclic) bond motifs is 1. The van der Waals surface area contributed by atoms with E-state index in [1.54, 1.807) is 12.4 Å². The van der Waals surface area contributed by atoms with Crippen LogP contribution in [0, 0.1) is 13.8 Å². The fourth-order valence-electron chi connectivity index (χ4n) is 4.30. The molecule has 1 atom stereocenters. The van der Waals surface area contributed by atoms with Crippen molar-refractivity contribution in [2.45, 2.75) is 26.9 Å². The molecule has 1 aliphatic heterocycles. The van der Waals surface area contributed by atoms with Crippen molar-refractivity contribution in [3.63, 3.8) is 0 Å². The number of benzene rings is 1. The van der Waals surface area contributed by atoms with Crippen LogP contribution in [0.5, 0.6) is 0 Å². The van der Waals surface area contributed by atoms with Crippen molar-refractivity contribution in [2.75, 3.05) is 35.2 Å². The molecule has 0 saturated carbocycles. The Hall–Kier alpha value is -3.91. The van der Waals surface area contributed by atoms with Crippen LogP contribution >= 0.6 is 0 Å². The molecule has 0 bridgehead atoms. The van der Waals surface area contributed by atoms with Crippen molar-refractivity contribution < 1.29 is 4.74 Å². The van der Waals surface area contributed by atoms with Crippen LogP contribution in [0.15, 0.2) is 59.7 Å². The van der Waals surface area contributed by atoms with E-state index in [2.05, 4.69) is 51.5 Å². The van der Waals surface area contributed by atoms with Crippen LogP contribution in [-0.2, 0) is 4.74 Å². The minimum Gasteiger partial charge on any atom is -0.375 e. The zero-order valence-electron chi connectivity index (χ0n) is 19.6. The molecule has 1 aliphatic rings. The summed E-state index contributed by atoms with van der Waals surface area (Å²) >= 11 is 0. The van der Waals surface area contributed by atoms with Gasteiger partial charge in [-0.15, -0.1) is 0 Å². The van der Waals surface area contributed by atoms with E-state index in [4.69, 9.17) is 9.72 Å². The number of rotatable bonds is 5. The minimum absolute atomic E-state index is 0.192. The first-order valence-electron chi connectivity index (χ1n) is 11.4. The lowest BCUT2D eigenvalue weighted by molar-refractivity contribution is 0.0532. The second-order valence-electron chi connectivity index (χ2n) is 8.73. The summed E-state index contributed by atoms with van der Waals surface area (Å²) in [5.41, 5.74) is 4.09. The van der Waals surface area contributed by atoms with Gasteiger partial charge < -0.3 is 25.3 Å². The average molecular weight is 457 g/mol. The molecule has 8 heteroatoms. The van der Waals surface area contributed by atoms with Crippen LogP contribution in [0.2, 0.25) is 0 Å². The summed E-state index contributed by atoms with van der Waals surface area (Å²) in [5, 5.41) is 7.90. The molecule has 1 fully saturated rings. The summed E-state index contributed by atoms with van der Waals surface area (Å²) in [6.07, 6.45) is 3.66. The van der Waals surface area contributed by atoms with E-state index in [0.29, 0.717) is 22.8 Å². The van der Waals surface area contributed by atoms with Crippen molar-refractivity contribution in [1.82, 2.24) is 15.0 Å². The zero-order valence-corrected chi connectivity index (χ0v) is 19.6. The Morgan fingerprint density at radius 2 is 1.97 bits per heavy atom. The van der Waals surface area contributed by atoms with Gasteiger partial charge in [-0.25, -0.2) is 9.97 Å². The average Bonchev–Trinajstić information content (AvgIpc) is 2.81. The second-order valence-corrected chi connectivity index (χ2v) is 8.73. The fourth-order valence-corrected chi connectivity index (χ4v) is 4.30. The van der Waals surface area contributed by atoms with Crippen LogP contribution in [-0.4, -0.2) is 40.8 Å². The lowest BCUT2D eigenvalue weighted by atomic mass is 10.1. The molecule has 34 heavy (non-hydrogen) atoms. The molecule has 4 aromatic rings. The zero-order chi connectivity index (χ0) is 23.7. The molecule has 0 radical (unpaired) electrons. The molecule has 3 N–H and O–H groups in total. The first kappa shape index (κ1) is 21.9. The molecule has 1 aromatic carbocycles. The Morgan fingerprint density at radius 1 is 1.09 bits per heavy atom. The maximum atomic E-state index is 12.7. The van der Waals surface area contributed by atoms with E-state index in [-0.39, 0.29) is 11.7 Å². The van der Waals surface area contributed by atoms with Gasteiger partial charge in [-0.2, -0.15) is 0 Å². The molecule has 0 aliphatic carbocycles. The highest BCUT2D eigenvalue weighted by Crippen LogP contribution is 2.29. The summed E-state index contributed by atoms with van der Waals surface area (Å²) in [5.74, 6) is 1.78. The van der Waals surface area contributed by atoms with Gasteiger partial charge in [0.25, 0.3) is 5.56 Å². The summed E-state index contributed by atoms with van der Waals surface area (Å²) in [4.78, 5) is 26.9. The topological polar surface area (TPSA) is 95.2 Å². The van der Waals surface area contributed by atoms with E-state index in [9.17, 15) is 4.79 Å². The van der Waals surface area contributed by atoms with Crippen LogP contribution in [0.25, 0.3) is 10.8 Å². The van der Waals surface area contributed by atoms with E-state index in [0.717, 1.165) is 41.9 Å². The molecule has 5 rings (SSSR count). The third-order valence-electron chi connectivity index (χ3n) is 5.96.